The largest absolute Gasteiger partial charge is 0.493 e. The van der Waals surface area contributed by atoms with Crippen molar-refractivity contribution < 1.29 is 9.47 Å². The third-order valence-electron chi connectivity index (χ3n) is 3.47. The lowest BCUT2D eigenvalue weighted by atomic mass is 9.89. The first-order valence-electron chi connectivity index (χ1n) is 5.97. The first-order valence-corrected chi connectivity index (χ1v) is 5.97. The zero-order valence-electron chi connectivity index (χ0n) is 9.94. The van der Waals surface area contributed by atoms with Crippen LogP contribution < -0.4 is 10.1 Å². The molecule has 3 rings (SSSR count). The molecule has 1 saturated heterocycles. The van der Waals surface area contributed by atoms with Crippen molar-refractivity contribution in [2.45, 2.75) is 25.6 Å². The Labute approximate surface area is 108 Å². The zero-order valence-corrected chi connectivity index (χ0v) is 10.8. The highest BCUT2D eigenvalue weighted by Crippen LogP contribution is 2.37. The summed E-state index contributed by atoms with van der Waals surface area (Å²) in [4.78, 5) is 0. The smallest absolute Gasteiger partial charge is 0.125 e. The van der Waals surface area contributed by atoms with Gasteiger partial charge in [-0.05, 0) is 18.6 Å². The number of rotatable bonds is 2. The van der Waals surface area contributed by atoms with E-state index in [1.54, 1.807) is 0 Å². The fourth-order valence-corrected chi connectivity index (χ4v) is 2.71. The summed E-state index contributed by atoms with van der Waals surface area (Å²) in [6, 6.07) is 6.34. The molecule has 1 N–H and O–H groups in total. The number of fused-ring (bicyclic) bond motifs is 3. The fraction of sp³-hybridized carbons (Fsp3) is 0.538. The topological polar surface area (TPSA) is 30.5 Å². The van der Waals surface area contributed by atoms with Crippen LogP contribution in [0.4, 0.5) is 0 Å². The lowest BCUT2D eigenvalue weighted by Gasteiger charge is -2.29. The van der Waals surface area contributed by atoms with Gasteiger partial charge in [0.25, 0.3) is 0 Å². The maximum Gasteiger partial charge on any atom is 0.125 e. The van der Waals surface area contributed by atoms with E-state index in [0.29, 0.717) is 25.2 Å². The monoisotopic (exact) mass is 255 g/mol. The average molecular weight is 256 g/mol. The summed E-state index contributed by atoms with van der Waals surface area (Å²) in [5.41, 5.74) is 2.65. The van der Waals surface area contributed by atoms with Crippen molar-refractivity contribution in [2.75, 3.05) is 19.7 Å². The van der Waals surface area contributed by atoms with Gasteiger partial charge in [-0.15, -0.1) is 12.4 Å². The number of halogens is 1. The van der Waals surface area contributed by atoms with E-state index in [4.69, 9.17) is 9.47 Å². The Kier molecular flexibility index (Phi) is 3.92. The van der Waals surface area contributed by atoms with E-state index in [1.807, 2.05) is 13.0 Å². The SMILES string of the molecule is CCOc1cccc2c1CO[C@@H]1CNC[C@H]21.Cl. The molecule has 2 aliphatic rings. The molecular weight excluding hydrogens is 238 g/mol. The second kappa shape index (κ2) is 5.25. The van der Waals surface area contributed by atoms with Crippen molar-refractivity contribution >= 4 is 12.4 Å². The molecule has 0 radical (unpaired) electrons. The molecule has 2 aliphatic heterocycles. The Hall–Kier alpha value is -0.770. The van der Waals surface area contributed by atoms with E-state index in [0.717, 1.165) is 18.8 Å². The van der Waals surface area contributed by atoms with Gasteiger partial charge >= 0.3 is 0 Å². The molecular formula is C13H18ClNO2. The lowest BCUT2D eigenvalue weighted by Crippen LogP contribution is -2.27. The summed E-state index contributed by atoms with van der Waals surface area (Å²) in [7, 11) is 0. The molecule has 0 bridgehead atoms. The summed E-state index contributed by atoms with van der Waals surface area (Å²) < 4.78 is 11.5. The molecule has 1 aromatic rings. The van der Waals surface area contributed by atoms with Crippen molar-refractivity contribution in [1.82, 2.24) is 5.32 Å². The van der Waals surface area contributed by atoms with Gasteiger partial charge in [-0.3, -0.25) is 0 Å². The van der Waals surface area contributed by atoms with Gasteiger partial charge in [0.15, 0.2) is 0 Å². The van der Waals surface area contributed by atoms with Gasteiger partial charge in [0.2, 0.25) is 0 Å². The number of nitrogens with one attached hydrogen (secondary N) is 1. The summed E-state index contributed by atoms with van der Waals surface area (Å²) in [6.07, 6.45) is 0.351. The lowest BCUT2D eigenvalue weighted by molar-refractivity contribution is 0.0283. The molecule has 4 heteroatoms. The number of benzene rings is 1. The van der Waals surface area contributed by atoms with Crippen molar-refractivity contribution in [2.24, 2.45) is 0 Å². The summed E-state index contributed by atoms with van der Waals surface area (Å²) in [6.45, 7) is 5.41. The quantitative estimate of drug-likeness (QED) is 0.878. The molecule has 0 spiro atoms. The minimum absolute atomic E-state index is 0. The maximum atomic E-state index is 5.87. The highest BCUT2D eigenvalue weighted by molar-refractivity contribution is 5.85. The van der Waals surface area contributed by atoms with Crippen LogP contribution in [0, 0.1) is 0 Å². The van der Waals surface area contributed by atoms with Crippen LogP contribution in [0.15, 0.2) is 18.2 Å². The maximum absolute atomic E-state index is 5.87. The van der Waals surface area contributed by atoms with Crippen LogP contribution in [0.5, 0.6) is 5.75 Å². The van der Waals surface area contributed by atoms with Crippen molar-refractivity contribution in [3.63, 3.8) is 0 Å². The highest BCUT2D eigenvalue weighted by Gasteiger charge is 2.35. The number of hydrogen-bond acceptors (Lipinski definition) is 3. The Balaban J connectivity index is 0.00000108. The van der Waals surface area contributed by atoms with Crippen molar-refractivity contribution in [3.05, 3.63) is 29.3 Å². The van der Waals surface area contributed by atoms with Crippen molar-refractivity contribution in [3.8, 4) is 5.75 Å². The van der Waals surface area contributed by atoms with Crippen LogP contribution in [0.1, 0.15) is 24.0 Å². The summed E-state index contributed by atoms with van der Waals surface area (Å²) >= 11 is 0. The van der Waals surface area contributed by atoms with Crippen LogP contribution >= 0.6 is 12.4 Å². The third kappa shape index (κ3) is 2.15. The molecule has 1 fully saturated rings. The van der Waals surface area contributed by atoms with Crippen LogP contribution in [-0.2, 0) is 11.3 Å². The van der Waals surface area contributed by atoms with Crippen LogP contribution in [0.25, 0.3) is 0 Å². The first-order chi connectivity index (χ1) is 7.90. The minimum atomic E-state index is 0. The van der Waals surface area contributed by atoms with Gasteiger partial charge < -0.3 is 14.8 Å². The van der Waals surface area contributed by atoms with Gasteiger partial charge in [-0.25, -0.2) is 0 Å². The third-order valence-corrected chi connectivity index (χ3v) is 3.47. The molecule has 0 unspecified atom stereocenters. The van der Waals surface area contributed by atoms with Crippen LogP contribution in [0.3, 0.4) is 0 Å². The number of ether oxygens (including phenoxy) is 2. The molecule has 0 aliphatic carbocycles. The number of hydrogen-bond donors (Lipinski definition) is 1. The van der Waals surface area contributed by atoms with Gasteiger partial charge in [-0.1, -0.05) is 12.1 Å². The zero-order chi connectivity index (χ0) is 11.0. The van der Waals surface area contributed by atoms with Gasteiger partial charge in [-0.2, -0.15) is 0 Å². The van der Waals surface area contributed by atoms with E-state index < -0.39 is 0 Å². The molecule has 94 valence electrons. The van der Waals surface area contributed by atoms with Crippen LogP contribution in [0.2, 0.25) is 0 Å². The second-order valence-corrected chi connectivity index (χ2v) is 4.37. The standard InChI is InChI=1S/C13H17NO2.ClH/c1-2-15-12-5-3-4-9-10-6-14-7-13(10)16-8-11(9)12;/h3-5,10,13-14H,2,6-8H2,1H3;1H/t10-,13-;/m1./s1. The van der Waals surface area contributed by atoms with Crippen LogP contribution in [-0.4, -0.2) is 25.8 Å². The van der Waals surface area contributed by atoms with Crippen molar-refractivity contribution in [1.29, 1.82) is 0 Å². The normalized spacial score (nSPS) is 25.7. The summed E-state index contributed by atoms with van der Waals surface area (Å²) in [5.74, 6) is 1.49. The summed E-state index contributed by atoms with van der Waals surface area (Å²) in [5, 5.41) is 3.39. The molecule has 17 heavy (non-hydrogen) atoms. The molecule has 0 aromatic heterocycles. The molecule has 0 amide bonds. The van der Waals surface area contributed by atoms with Gasteiger partial charge in [0.05, 0.1) is 19.3 Å². The predicted octanol–water partition coefficient (Wildman–Crippen LogP) is 2.09. The molecule has 2 atom stereocenters. The van der Waals surface area contributed by atoms with Gasteiger partial charge in [0, 0.05) is 24.6 Å². The van der Waals surface area contributed by atoms with E-state index in [9.17, 15) is 0 Å². The first kappa shape index (κ1) is 12.7. The predicted molar refractivity (Wildman–Crippen MR) is 69.0 cm³/mol. The minimum Gasteiger partial charge on any atom is -0.493 e. The van der Waals surface area contributed by atoms with E-state index in [1.165, 1.54) is 11.1 Å². The Bertz CT molecular complexity index is 397. The van der Waals surface area contributed by atoms with E-state index in [-0.39, 0.29) is 12.4 Å². The average Bonchev–Trinajstić information content (AvgIpc) is 2.78. The van der Waals surface area contributed by atoms with Gasteiger partial charge in [0.1, 0.15) is 5.75 Å². The Morgan fingerprint density at radius 1 is 1.41 bits per heavy atom. The highest BCUT2D eigenvalue weighted by atomic mass is 35.5. The second-order valence-electron chi connectivity index (χ2n) is 4.37. The molecule has 2 heterocycles. The Morgan fingerprint density at radius 3 is 3.12 bits per heavy atom. The molecule has 3 nitrogen and oxygen atoms in total. The van der Waals surface area contributed by atoms with E-state index >= 15 is 0 Å². The Morgan fingerprint density at radius 2 is 2.29 bits per heavy atom. The van der Waals surface area contributed by atoms with E-state index in [2.05, 4.69) is 17.4 Å². The molecule has 0 saturated carbocycles. The fourth-order valence-electron chi connectivity index (χ4n) is 2.71. The molecule has 1 aromatic carbocycles.